The van der Waals surface area contributed by atoms with E-state index in [1.165, 1.54) is 16.7 Å². The van der Waals surface area contributed by atoms with Gasteiger partial charge in [-0.15, -0.1) is 0 Å². The summed E-state index contributed by atoms with van der Waals surface area (Å²) in [6, 6.07) is 14.6. The van der Waals surface area contributed by atoms with Crippen molar-refractivity contribution in [2.24, 2.45) is 0 Å². The summed E-state index contributed by atoms with van der Waals surface area (Å²) < 4.78 is 6.17. The topological polar surface area (TPSA) is 21.3 Å². The van der Waals surface area contributed by atoms with Crippen molar-refractivity contribution in [3.63, 3.8) is 0 Å². The number of hydrogen-bond acceptors (Lipinski definition) is 2. The van der Waals surface area contributed by atoms with Gasteiger partial charge in [-0.05, 0) is 37.6 Å². The maximum absolute atomic E-state index is 6.17. The quantitative estimate of drug-likeness (QED) is 0.854. The van der Waals surface area contributed by atoms with E-state index in [0.29, 0.717) is 5.92 Å². The van der Waals surface area contributed by atoms with Crippen LogP contribution in [0.3, 0.4) is 0 Å². The Kier molecular flexibility index (Phi) is 4.80. The van der Waals surface area contributed by atoms with E-state index in [-0.39, 0.29) is 0 Å². The zero-order chi connectivity index (χ0) is 14.5. The fraction of sp³-hybridized carbons (Fsp3) is 0.333. The summed E-state index contributed by atoms with van der Waals surface area (Å²) in [5, 5.41) is 3.19. The predicted molar refractivity (Wildman–Crippen MR) is 84.5 cm³/mol. The van der Waals surface area contributed by atoms with Gasteiger partial charge in [-0.25, -0.2) is 0 Å². The molecule has 0 saturated heterocycles. The number of nitrogens with one attached hydrogen (secondary N) is 1. The Morgan fingerprint density at radius 3 is 2.50 bits per heavy atom. The van der Waals surface area contributed by atoms with Crippen LogP contribution in [-0.4, -0.2) is 7.05 Å². The Hall–Kier alpha value is -1.80. The number of aryl methyl sites for hydroxylation is 1. The van der Waals surface area contributed by atoms with Gasteiger partial charge in [0.05, 0.1) is 0 Å². The average Bonchev–Trinajstić information content (AvgIpc) is 2.42. The molecule has 0 saturated carbocycles. The van der Waals surface area contributed by atoms with Crippen LogP contribution in [0.2, 0.25) is 0 Å². The summed E-state index contributed by atoms with van der Waals surface area (Å²) in [6.07, 6.45) is 0. The fourth-order valence-corrected chi connectivity index (χ4v) is 2.31. The molecule has 0 fully saturated rings. The van der Waals surface area contributed by atoms with Gasteiger partial charge in [-0.1, -0.05) is 49.7 Å². The van der Waals surface area contributed by atoms with Crippen molar-refractivity contribution >= 4 is 0 Å². The lowest BCUT2D eigenvalue weighted by Crippen LogP contribution is -2.07. The highest BCUT2D eigenvalue weighted by Crippen LogP contribution is 2.32. The number of benzene rings is 2. The molecule has 0 aliphatic rings. The van der Waals surface area contributed by atoms with E-state index in [1.54, 1.807) is 0 Å². The average molecular weight is 269 g/mol. The van der Waals surface area contributed by atoms with Gasteiger partial charge in [-0.3, -0.25) is 0 Å². The Morgan fingerprint density at radius 2 is 1.80 bits per heavy atom. The highest BCUT2D eigenvalue weighted by Gasteiger charge is 2.10. The first kappa shape index (κ1) is 14.6. The molecule has 0 aliphatic carbocycles. The molecule has 1 N–H and O–H groups in total. The molecule has 2 heteroatoms. The number of ether oxygens (including phenoxy) is 1. The molecule has 0 radical (unpaired) electrons. The lowest BCUT2D eigenvalue weighted by Gasteiger charge is -2.16. The number of rotatable bonds is 5. The van der Waals surface area contributed by atoms with Crippen molar-refractivity contribution in [1.82, 2.24) is 5.32 Å². The molecule has 2 rings (SSSR count). The first-order chi connectivity index (χ1) is 9.61. The molecule has 0 aliphatic heterocycles. The van der Waals surface area contributed by atoms with E-state index in [9.17, 15) is 0 Å². The molecule has 2 nitrogen and oxygen atoms in total. The van der Waals surface area contributed by atoms with E-state index in [2.05, 4.69) is 56.4 Å². The first-order valence-corrected chi connectivity index (χ1v) is 7.12. The summed E-state index contributed by atoms with van der Waals surface area (Å²) in [6.45, 7) is 7.28. The standard InChI is InChI=1S/C18H23NO/c1-13(2)16-7-5-6-8-18(16)20-17-10-9-14(3)11-15(17)12-19-4/h5-11,13,19H,12H2,1-4H3. The molecule has 0 unspecified atom stereocenters. The van der Waals surface area contributed by atoms with Crippen LogP contribution in [0.5, 0.6) is 11.5 Å². The second-order valence-corrected chi connectivity index (χ2v) is 5.44. The zero-order valence-corrected chi connectivity index (χ0v) is 12.7. The summed E-state index contributed by atoms with van der Waals surface area (Å²) in [7, 11) is 1.95. The van der Waals surface area contributed by atoms with Crippen molar-refractivity contribution in [3.05, 3.63) is 59.2 Å². The summed E-state index contributed by atoms with van der Waals surface area (Å²) >= 11 is 0. The van der Waals surface area contributed by atoms with Crippen LogP contribution in [0.4, 0.5) is 0 Å². The van der Waals surface area contributed by atoms with Gasteiger partial charge in [0.1, 0.15) is 11.5 Å². The van der Waals surface area contributed by atoms with Crippen molar-refractivity contribution in [3.8, 4) is 11.5 Å². The van der Waals surface area contributed by atoms with Gasteiger partial charge in [0.2, 0.25) is 0 Å². The molecule has 0 atom stereocenters. The van der Waals surface area contributed by atoms with Gasteiger partial charge in [0.25, 0.3) is 0 Å². The maximum Gasteiger partial charge on any atom is 0.131 e. The van der Waals surface area contributed by atoms with Crippen LogP contribution < -0.4 is 10.1 Å². The summed E-state index contributed by atoms with van der Waals surface area (Å²) in [5.41, 5.74) is 3.68. The molecule has 0 amide bonds. The molecule has 106 valence electrons. The Labute approximate surface area is 121 Å². The molecule has 0 bridgehead atoms. The Balaban J connectivity index is 2.35. The summed E-state index contributed by atoms with van der Waals surface area (Å²) in [5.74, 6) is 2.33. The maximum atomic E-state index is 6.17. The monoisotopic (exact) mass is 269 g/mol. The van der Waals surface area contributed by atoms with E-state index in [0.717, 1.165) is 18.0 Å². The minimum atomic E-state index is 0.449. The SMILES string of the molecule is CNCc1cc(C)ccc1Oc1ccccc1C(C)C. The molecular formula is C18H23NO. The molecular weight excluding hydrogens is 246 g/mol. The minimum Gasteiger partial charge on any atom is -0.457 e. The largest absolute Gasteiger partial charge is 0.457 e. The second-order valence-electron chi connectivity index (χ2n) is 5.44. The molecule has 20 heavy (non-hydrogen) atoms. The van der Waals surface area contributed by atoms with Gasteiger partial charge < -0.3 is 10.1 Å². The highest BCUT2D eigenvalue weighted by atomic mass is 16.5. The molecule has 2 aromatic carbocycles. The smallest absolute Gasteiger partial charge is 0.131 e. The van der Waals surface area contributed by atoms with Gasteiger partial charge in [-0.2, -0.15) is 0 Å². The predicted octanol–water partition coefficient (Wildman–Crippen LogP) is 4.63. The summed E-state index contributed by atoms with van der Waals surface area (Å²) in [4.78, 5) is 0. The van der Waals surface area contributed by atoms with Gasteiger partial charge in [0.15, 0.2) is 0 Å². The van der Waals surface area contributed by atoms with E-state index in [1.807, 2.05) is 19.2 Å². The van der Waals surface area contributed by atoms with E-state index >= 15 is 0 Å². The Bertz CT molecular complexity index is 575. The fourth-order valence-electron chi connectivity index (χ4n) is 2.31. The molecule has 0 heterocycles. The van der Waals surface area contributed by atoms with Crippen molar-refractivity contribution in [2.75, 3.05) is 7.05 Å². The minimum absolute atomic E-state index is 0.449. The lowest BCUT2D eigenvalue weighted by molar-refractivity contribution is 0.465. The third-order valence-electron chi connectivity index (χ3n) is 3.34. The Morgan fingerprint density at radius 1 is 1.05 bits per heavy atom. The lowest BCUT2D eigenvalue weighted by atomic mass is 10.0. The van der Waals surface area contributed by atoms with Crippen molar-refractivity contribution in [2.45, 2.75) is 33.2 Å². The van der Waals surface area contributed by atoms with Crippen LogP contribution in [0, 0.1) is 6.92 Å². The first-order valence-electron chi connectivity index (χ1n) is 7.12. The third kappa shape index (κ3) is 3.40. The zero-order valence-electron chi connectivity index (χ0n) is 12.7. The molecule has 2 aromatic rings. The van der Waals surface area contributed by atoms with Crippen LogP contribution in [0.15, 0.2) is 42.5 Å². The van der Waals surface area contributed by atoms with Crippen LogP contribution in [0.1, 0.15) is 36.5 Å². The van der Waals surface area contributed by atoms with Crippen LogP contribution >= 0.6 is 0 Å². The van der Waals surface area contributed by atoms with Crippen molar-refractivity contribution < 1.29 is 4.74 Å². The van der Waals surface area contributed by atoms with Gasteiger partial charge in [0, 0.05) is 12.1 Å². The van der Waals surface area contributed by atoms with Crippen LogP contribution in [0.25, 0.3) is 0 Å². The number of hydrogen-bond donors (Lipinski definition) is 1. The molecule has 0 spiro atoms. The van der Waals surface area contributed by atoms with E-state index < -0.39 is 0 Å². The second kappa shape index (κ2) is 6.58. The van der Waals surface area contributed by atoms with Gasteiger partial charge >= 0.3 is 0 Å². The highest BCUT2D eigenvalue weighted by molar-refractivity contribution is 5.43. The van der Waals surface area contributed by atoms with E-state index in [4.69, 9.17) is 4.74 Å². The normalized spacial score (nSPS) is 10.8. The molecule has 0 aromatic heterocycles. The van der Waals surface area contributed by atoms with Crippen molar-refractivity contribution in [1.29, 1.82) is 0 Å². The van der Waals surface area contributed by atoms with Crippen LogP contribution in [-0.2, 0) is 6.54 Å². The third-order valence-corrected chi connectivity index (χ3v) is 3.34. The number of para-hydroxylation sites is 1.